The van der Waals surface area contributed by atoms with Gasteiger partial charge in [-0.15, -0.1) is 0 Å². The van der Waals surface area contributed by atoms with Crippen LogP contribution < -0.4 is 5.32 Å². The van der Waals surface area contributed by atoms with Gasteiger partial charge < -0.3 is 10.4 Å². The molecule has 2 N–H and O–H groups in total. The van der Waals surface area contributed by atoms with Crippen molar-refractivity contribution in [2.75, 3.05) is 5.32 Å². The van der Waals surface area contributed by atoms with Gasteiger partial charge in [-0.2, -0.15) is 0 Å². The lowest BCUT2D eigenvalue weighted by Gasteiger charge is -2.10. The van der Waals surface area contributed by atoms with Crippen LogP contribution in [0.4, 0.5) is 5.69 Å². The van der Waals surface area contributed by atoms with Crippen LogP contribution in [0.2, 0.25) is 10.0 Å². The van der Waals surface area contributed by atoms with Crippen molar-refractivity contribution in [1.29, 1.82) is 0 Å². The highest BCUT2D eigenvalue weighted by Gasteiger charge is 2.14. The van der Waals surface area contributed by atoms with E-state index >= 15 is 0 Å². The molecular formula is C13H8BrCl2NO2. The minimum absolute atomic E-state index is 0.0978. The van der Waals surface area contributed by atoms with Gasteiger partial charge >= 0.3 is 0 Å². The predicted octanol–water partition coefficient (Wildman–Crippen LogP) is 4.71. The molecule has 3 nitrogen and oxygen atoms in total. The SMILES string of the molecule is O=C(Nc1ccc(Br)c(Cl)c1Cl)c1ccccc1O. The highest BCUT2D eigenvalue weighted by molar-refractivity contribution is 9.10. The number of anilines is 1. The first-order valence-corrected chi connectivity index (χ1v) is 6.78. The number of rotatable bonds is 2. The molecule has 0 unspecified atom stereocenters. The molecular weight excluding hydrogens is 353 g/mol. The number of nitrogens with one attached hydrogen (secondary N) is 1. The third kappa shape index (κ3) is 3.03. The van der Waals surface area contributed by atoms with Crippen LogP contribution in [0.3, 0.4) is 0 Å². The first-order valence-electron chi connectivity index (χ1n) is 5.23. The Labute approximate surface area is 128 Å². The summed E-state index contributed by atoms with van der Waals surface area (Å²) in [6.45, 7) is 0. The van der Waals surface area contributed by atoms with Crippen LogP contribution in [0, 0.1) is 0 Å². The number of amides is 1. The molecule has 19 heavy (non-hydrogen) atoms. The molecule has 6 heteroatoms. The number of carbonyl (C=O) groups excluding carboxylic acids is 1. The average molecular weight is 361 g/mol. The summed E-state index contributed by atoms with van der Waals surface area (Å²) in [6.07, 6.45) is 0. The Balaban J connectivity index is 2.30. The second-order valence-corrected chi connectivity index (χ2v) is 5.30. The fourth-order valence-electron chi connectivity index (χ4n) is 1.48. The van der Waals surface area contributed by atoms with Gasteiger partial charge in [0.15, 0.2) is 0 Å². The maximum atomic E-state index is 12.0. The van der Waals surface area contributed by atoms with Crippen molar-refractivity contribution in [1.82, 2.24) is 0 Å². The van der Waals surface area contributed by atoms with Crippen molar-refractivity contribution in [2.45, 2.75) is 0 Å². The van der Waals surface area contributed by atoms with Gasteiger partial charge in [0.25, 0.3) is 5.91 Å². The lowest BCUT2D eigenvalue weighted by molar-refractivity contribution is 0.102. The Bertz CT molecular complexity index is 647. The highest BCUT2D eigenvalue weighted by atomic mass is 79.9. The summed E-state index contributed by atoms with van der Waals surface area (Å²) < 4.78 is 0.639. The molecule has 0 fully saturated rings. The number of aromatic hydroxyl groups is 1. The number of halogens is 3. The first-order chi connectivity index (χ1) is 9.00. The lowest BCUT2D eigenvalue weighted by Crippen LogP contribution is -2.12. The van der Waals surface area contributed by atoms with E-state index in [4.69, 9.17) is 23.2 Å². The van der Waals surface area contributed by atoms with E-state index in [1.54, 1.807) is 24.3 Å². The van der Waals surface area contributed by atoms with Crippen molar-refractivity contribution in [3.05, 3.63) is 56.5 Å². The van der Waals surface area contributed by atoms with Crippen molar-refractivity contribution in [2.24, 2.45) is 0 Å². The van der Waals surface area contributed by atoms with E-state index in [1.165, 1.54) is 12.1 Å². The molecule has 0 atom stereocenters. The molecule has 0 saturated heterocycles. The molecule has 0 bridgehead atoms. The Hall–Kier alpha value is -1.23. The molecule has 0 spiro atoms. The zero-order chi connectivity index (χ0) is 14.0. The maximum Gasteiger partial charge on any atom is 0.259 e. The van der Waals surface area contributed by atoms with Gasteiger partial charge in [-0.25, -0.2) is 0 Å². The normalized spacial score (nSPS) is 10.3. The van der Waals surface area contributed by atoms with Gasteiger partial charge in [0, 0.05) is 4.47 Å². The molecule has 2 aromatic carbocycles. The number of hydrogen-bond donors (Lipinski definition) is 2. The molecule has 0 aliphatic carbocycles. The zero-order valence-corrected chi connectivity index (χ0v) is 12.6. The van der Waals surface area contributed by atoms with Crippen LogP contribution in [0.15, 0.2) is 40.9 Å². The van der Waals surface area contributed by atoms with Gasteiger partial charge in [0.2, 0.25) is 0 Å². The number of phenolic OH excluding ortho intramolecular Hbond substituents is 1. The van der Waals surface area contributed by atoms with Crippen molar-refractivity contribution in [3.63, 3.8) is 0 Å². The van der Waals surface area contributed by atoms with Crippen molar-refractivity contribution >= 4 is 50.7 Å². The third-order valence-electron chi connectivity index (χ3n) is 2.43. The number of hydrogen-bond acceptors (Lipinski definition) is 2. The van der Waals surface area contributed by atoms with Crippen LogP contribution >= 0.6 is 39.1 Å². The molecule has 2 aromatic rings. The number of para-hydroxylation sites is 1. The van der Waals surface area contributed by atoms with Crippen LogP contribution in [0.25, 0.3) is 0 Å². The smallest absolute Gasteiger partial charge is 0.259 e. The minimum Gasteiger partial charge on any atom is -0.507 e. The maximum absolute atomic E-state index is 12.0. The van der Waals surface area contributed by atoms with Crippen LogP contribution in [-0.2, 0) is 0 Å². The Morgan fingerprint density at radius 2 is 1.79 bits per heavy atom. The summed E-state index contributed by atoms with van der Waals surface area (Å²) in [4.78, 5) is 12.0. The summed E-state index contributed by atoms with van der Waals surface area (Å²) in [7, 11) is 0. The summed E-state index contributed by atoms with van der Waals surface area (Å²) in [5.74, 6) is -0.558. The van der Waals surface area contributed by atoms with Gasteiger partial charge in [-0.3, -0.25) is 4.79 Å². The summed E-state index contributed by atoms with van der Waals surface area (Å²) in [6, 6.07) is 9.54. The van der Waals surface area contributed by atoms with Crippen LogP contribution in [0.5, 0.6) is 5.75 Å². The molecule has 0 heterocycles. The Morgan fingerprint density at radius 1 is 1.11 bits per heavy atom. The summed E-state index contributed by atoms with van der Waals surface area (Å²) in [5.41, 5.74) is 0.542. The van der Waals surface area contributed by atoms with E-state index < -0.39 is 5.91 Å². The quantitative estimate of drug-likeness (QED) is 0.761. The van der Waals surface area contributed by atoms with E-state index in [-0.39, 0.29) is 16.3 Å². The van der Waals surface area contributed by atoms with Gasteiger partial charge in [-0.05, 0) is 40.2 Å². The number of benzene rings is 2. The van der Waals surface area contributed by atoms with E-state index in [2.05, 4.69) is 21.2 Å². The number of carbonyl (C=O) groups is 1. The summed E-state index contributed by atoms with van der Waals surface area (Å²) >= 11 is 15.2. The first kappa shape index (κ1) is 14.2. The monoisotopic (exact) mass is 359 g/mol. The molecule has 0 saturated carbocycles. The molecule has 1 amide bonds. The Morgan fingerprint density at radius 3 is 2.47 bits per heavy atom. The average Bonchev–Trinajstić information content (AvgIpc) is 2.40. The van der Waals surface area contributed by atoms with E-state index in [0.29, 0.717) is 15.2 Å². The predicted molar refractivity (Wildman–Crippen MR) is 80.2 cm³/mol. The van der Waals surface area contributed by atoms with Crippen LogP contribution in [0.1, 0.15) is 10.4 Å². The van der Waals surface area contributed by atoms with Gasteiger partial charge in [0.1, 0.15) is 5.75 Å². The fourth-order valence-corrected chi connectivity index (χ4v) is 2.30. The van der Waals surface area contributed by atoms with Gasteiger partial charge in [-0.1, -0.05) is 35.3 Å². The lowest BCUT2D eigenvalue weighted by atomic mass is 10.2. The fraction of sp³-hybridized carbons (Fsp3) is 0. The topological polar surface area (TPSA) is 49.3 Å². The molecule has 0 aliphatic heterocycles. The van der Waals surface area contributed by atoms with E-state index in [0.717, 1.165) is 0 Å². The zero-order valence-electron chi connectivity index (χ0n) is 9.45. The molecule has 2 rings (SSSR count). The van der Waals surface area contributed by atoms with E-state index in [9.17, 15) is 9.90 Å². The molecule has 0 radical (unpaired) electrons. The standard InChI is InChI=1S/C13H8BrCl2NO2/c14-8-5-6-9(12(16)11(8)15)17-13(19)7-3-1-2-4-10(7)18/h1-6,18H,(H,17,19). The minimum atomic E-state index is -0.460. The Kier molecular flexibility index (Phi) is 4.34. The van der Waals surface area contributed by atoms with Gasteiger partial charge in [0.05, 0.1) is 21.3 Å². The molecule has 98 valence electrons. The second-order valence-electron chi connectivity index (χ2n) is 3.69. The molecule has 0 aliphatic rings. The van der Waals surface area contributed by atoms with Crippen molar-refractivity contribution in [3.8, 4) is 5.75 Å². The number of phenols is 1. The third-order valence-corrected chi connectivity index (χ3v) is 4.20. The molecule has 0 aromatic heterocycles. The van der Waals surface area contributed by atoms with E-state index in [1.807, 2.05) is 0 Å². The largest absolute Gasteiger partial charge is 0.507 e. The second kappa shape index (κ2) is 5.82. The van der Waals surface area contributed by atoms with Crippen LogP contribution in [-0.4, -0.2) is 11.0 Å². The summed E-state index contributed by atoms with van der Waals surface area (Å²) in [5, 5.41) is 12.8. The van der Waals surface area contributed by atoms with Crippen molar-refractivity contribution < 1.29 is 9.90 Å². The highest BCUT2D eigenvalue weighted by Crippen LogP contribution is 2.36.